The van der Waals surface area contributed by atoms with E-state index in [2.05, 4.69) is 0 Å². The van der Waals surface area contributed by atoms with Gasteiger partial charge in [0.05, 0.1) is 4.90 Å². The minimum absolute atomic E-state index is 0.375. The monoisotopic (exact) mass is 273 g/mol. The van der Waals surface area contributed by atoms with Gasteiger partial charge in [0.1, 0.15) is 0 Å². The maximum Gasteiger partial charge on any atom is 0.243 e. The molecule has 0 aromatic heterocycles. The highest BCUT2D eigenvalue weighted by atomic mass is 32.2. The third-order valence-corrected chi connectivity index (χ3v) is 5.23. The smallest absolute Gasteiger partial charge is 0.207 e. The van der Waals surface area contributed by atoms with E-state index in [0.717, 1.165) is 16.7 Å². The summed E-state index contributed by atoms with van der Waals surface area (Å²) in [4.78, 5) is 0.375. The summed E-state index contributed by atoms with van der Waals surface area (Å²) >= 11 is 0. The summed E-state index contributed by atoms with van der Waals surface area (Å²) in [7, 11) is -3.40. The molecule has 1 heterocycles. The normalized spacial score (nSPS) is 15.4. The Hall–Kier alpha value is -1.65. The minimum atomic E-state index is -3.40. The fraction of sp³-hybridized carbons (Fsp3) is 0.200. The lowest BCUT2D eigenvalue weighted by Crippen LogP contribution is -2.25. The third kappa shape index (κ3) is 2.17. The van der Waals surface area contributed by atoms with Crippen molar-refractivity contribution < 1.29 is 8.42 Å². The number of rotatable bonds is 2. The van der Waals surface area contributed by atoms with E-state index in [1.54, 1.807) is 18.2 Å². The standard InChI is InChI=1S/C15H15NO2S/c1-12-5-4-8-15(9-12)19(17,18)16-10-13-6-2-3-7-14(13)11-16/h2-9H,10-11H2,1H3. The molecule has 0 N–H and O–H groups in total. The predicted molar refractivity (Wildman–Crippen MR) is 74.1 cm³/mol. The molecule has 3 rings (SSSR count). The van der Waals surface area contributed by atoms with Crippen molar-refractivity contribution in [3.05, 3.63) is 65.2 Å². The SMILES string of the molecule is Cc1cccc(S(=O)(=O)N2Cc3ccccc3C2)c1. The Morgan fingerprint density at radius 1 is 0.947 bits per heavy atom. The molecule has 19 heavy (non-hydrogen) atoms. The first-order valence-corrected chi connectivity index (χ1v) is 7.65. The Labute approximate surface area is 113 Å². The van der Waals surface area contributed by atoms with Gasteiger partial charge in [-0.05, 0) is 35.7 Å². The molecule has 0 spiro atoms. The Morgan fingerprint density at radius 2 is 1.58 bits per heavy atom. The third-order valence-electron chi connectivity index (χ3n) is 3.44. The van der Waals surface area contributed by atoms with Crippen molar-refractivity contribution in [3.63, 3.8) is 0 Å². The molecular formula is C15H15NO2S. The molecule has 98 valence electrons. The molecule has 0 amide bonds. The van der Waals surface area contributed by atoms with Crippen LogP contribution in [0, 0.1) is 6.92 Å². The number of sulfonamides is 1. The lowest BCUT2D eigenvalue weighted by Gasteiger charge is -2.15. The molecule has 1 aliphatic rings. The molecular weight excluding hydrogens is 258 g/mol. The molecule has 1 aliphatic heterocycles. The summed E-state index contributed by atoms with van der Waals surface area (Å²) in [6, 6.07) is 14.9. The van der Waals surface area contributed by atoms with Gasteiger partial charge >= 0.3 is 0 Å². The molecule has 0 bridgehead atoms. The maximum atomic E-state index is 12.6. The van der Waals surface area contributed by atoms with E-state index in [0.29, 0.717) is 18.0 Å². The number of hydrogen-bond acceptors (Lipinski definition) is 2. The zero-order valence-electron chi connectivity index (χ0n) is 10.7. The van der Waals surface area contributed by atoms with Gasteiger partial charge in [-0.3, -0.25) is 0 Å². The molecule has 0 atom stereocenters. The Morgan fingerprint density at radius 3 is 2.16 bits per heavy atom. The van der Waals surface area contributed by atoms with Gasteiger partial charge in [0.25, 0.3) is 0 Å². The van der Waals surface area contributed by atoms with E-state index in [4.69, 9.17) is 0 Å². The average Bonchev–Trinajstić information content (AvgIpc) is 2.83. The summed E-state index contributed by atoms with van der Waals surface area (Å²) in [6.45, 7) is 2.83. The molecule has 4 heteroatoms. The summed E-state index contributed by atoms with van der Waals surface area (Å²) in [5.74, 6) is 0. The van der Waals surface area contributed by atoms with Crippen molar-refractivity contribution in [1.82, 2.24) is 4.31 Å². The Kier molecular flexibility index (Phi) is 2.92. The highest BCUT2D eigenvalue weighted by molar-refractivity contribution is 7.89. The fourth-order valence-corrected chi connectivity index (χ4v) is 3.90. The molecule has 0 unspecified atom stereocenters. The van der Waals surface area contributed by atoms with Gasteiger partial charge in [-0.25, -0.2) is 8.42 Å². The van der Waals surface area contributed by atoms with Crippen LogP contribution >= 0.6 is 0 Å². The average molecular weight is 273 g/mol. The second kappa shape index (κ2) is 4.47. The number of nitrogens with zero attached hydrogens (tertiary/aromatic N) is 1. The van der Waals surface area contributed by atoms with E-state index >= 15 is 0 Å². The van der Waals surface area contributed by atoms with E-state index in [-0.39, 0.29) is 0 Å². The molecule has 2 aromatic rings. The van der Waals surface area contributed by atoms with Gasteiger partial charge in [-0.15, -0.1) is 0 Å². The van der Waals surface area contributed by atoms with E-state index in [9.17, 15) is 8.42 Å². The molecule has 0 aliphatic carbocycles. The summed E-state index contributed by atoms with van der Waals surface area (Å²) in [5.41, 5.74) is 3.15. The zero-order valence-corrected chi connectivity index (χ0v) is 11.5. The van der Waals surface area contributed by atoms with Crippen LogP contribution in [0.3, 0.4) is 0 Å². The van der Waals surface area contributed by atoms with Gasteiger partial charge < -0.3 is 0 Å². The van der Waals surface area contributed by atoms with Crippen molar-refractivity contribution in [1.29, 1.82) is 0 Å². The maximum absolute atomic E-state index is 12.6. The fourth-order valence-electron chi connectivity index (χ4n) is 2.40. The van der Waals surface area contributed by atoms with Gasteiger partial charge in [0.15, 0.2) is 0 Å². The quantitative estimate of drug-likeness (QED) is 0.843. The first-order chi connectivity index (χ1) is 9.07. The molecule has 0 saturated carbocycles. The van der Waals surface area contributed by atoms with Crippen LogP contribution in [-0.4, -0.2) is 12.7 Å². The van der Waals surface area contributed by atoms with Crippen molar-refractivity contribution in [2.24, 2.45) is 0 Å². The van der Waals surface area contributed by atoms with Gasteiger partial charge in [0.2, 0.25) is 10.0 Å². The van der Waals surface area contributed by atoms with Crippen molar-refractivity contribution in [3.8, 4) is 0 Å². The highest BCUT2D eigenvalue weighted by Crippen LogP contribution is 2.28. The van der Waals surface area contributed by atoms with Crippen LogP contribution < -0.4 is 0 Å². The van der Waals surface area contributed by atoms with Crippen LogP contribution in [0.2, 0.25) is 0 Å². The van der Waals surface area contributed by atoms with Crippen LogP contribution in [0.15, 0.2) is 53.4 Å². The first-order valence-electron chi connectivity index (χ1n) is 6.21. The number of aryl methyl sites for hydroxylation is 1. The molecule has 0 saturated heterocycles. The van der Waals surface area contributed by atoms with Crippen LogP contribution in [-0.2, 0) is 23.1 Å². The topological polar surface area (TPSA) is 37.4 Å². The lowest BCUT2D eigenvalue weighted by molar-refractivity contribution is 0.431. The first kappa shape index (κ1) is 12.4. The van der Waals surface area contributed by atoms with Crippen molar-refractivity contribution >= 4 is 10.0 Å². The molecule has 0 radical (unpaired) electrons. The van der Waals surface area contributed by atoms with E-state index < -0.39 is 10.0 Å². The summed E-state index contributed by atoms with van der Waals surface area (Å²) in [6.07, 6.45) is 0. The van der Waals surface area contributed by atoms with E-state index in [1.165, 1.54) is 4.31 Å². The molecule has 0 fully saturated rings. The summed E-state index contributed by atoms with van der Waals surface area (Å²) < 4.78 is 26.7. The second-order valence-corrected chi connectivity index (χ2v) is 6.80. The number of hydrogen-bond donors (Lipinski definition) is 0. The van der Waals surface area contributed by atoms with E-state index in [1.807, 2.05) is 37.3 Å². The second-order valence-electron chi connectivity index (χ2n) is 4.86. The van der Waals surface area contributed by atoms with Gasteiger partial charge in [-0.2, -0.15) is 4.31 Å². The lowest BCUT2D eigenvalue weighted by atomic mass is 10.1. The zero-order chi connectivity index (χ0) is 13.5. The van der Waals surface area contributed by atoms with Gasteiger partial charge in [0, 0.05) is 13.1 Å². The highest BCUT2D eigenvalue weighted by Gasteiger charge is 2.30. The summed E-state index contributed by atoms with van der Waals surface area (Å²) in [5, 5.41) is 0. The Balaban J connectivity index is 1.96. The number of benzene rings is 2. The number of fused-ring (bicyclic) bond motifs is 1. The van der Waals surface area contributed by atoms with Crippen LogP contribution in [0.4, 0.5) is 0 Å². The van der Waals surface area contributed by atoms with Crippen molar-refractivity contribution in [2.45, 2.75) is 24.9 Å². The predicted octanol–water partition coefficient (Wildman–Crippen LogP) is 2.70. The van der Waals surface area contributed by atoms with Crippen LogP contribution in [0.25, 0.3) is 0 Å². The Bertz CT molecular complexity index is 697. The van der Waals surface area contributed by atoms with Crippen LogP contribution in [0.1, 0.15) is 16.7 Å². The largest absolute Gasteiger partial charge is 0.243 e. The van der Waals surface area contributed by atoms with Gasteiger partial charge in [-0.1, -0.05) is 36.4 Å². The minimum Gasteiger partial charge on any atom is -0.207 e. The molecule has 2 aromatic carbocycles. The van der Waals surface area contributed by atoms with Crippen LogP contribution in [0.5, 0.6) is 0 Å². The molecule has 3 nitrogen and oxygen atoms in total. The van der Waals surface area contributed by atoms with Crippen molar-refractivity contribution in [2.75, 3.05) is 0 Å².